The standard InChI is InChI=1S/C9H13BrO3/c1-2-13-8(12)9(6-10)5-3-4-7(9)11/h2-6H2,1H3. The maximum absolute atomic E-state index is 11.5. The van der Waals surface area contributed by atoms with Crippen LogP contribution in [0.2, 0.25) is 0 Å². The van der Waals surface area contributed by atoms with Crippen molar-refractivity contribution in [3.8, 4) is 0 Å². The molecule has 0 saturated heterocycles. The molecule has 0 bridgehead atoms. The highest BCUT2D eigenvalue weighted by molar-refractivity contribution is 9.09. The third-order valence-electron chi connectivity index (χ3n) is 2.44. The van der Waals surface area contributed by atoms with Crippen molar-refractivity contribution >= 4 is 27.7 Å². The normalized spacial score (nSPS) is 27.7. The van der Waals surface area contributed by atoms with Gasteiger partial charge in [-0.25, -0.2) is 0 Å². The van der Waals surface area contributed by atoms with Crippen LogP contribution in [0.5, 0.6) is 0 Å². The third-order valence-corrected chi connectivity index (χ3v) is 3.39. The summed E-state index contributed by atoms with van der Waals surface area (Å²) in [5.41, 5.74) is -0.879. The highest BCUT2D eigenvalue weighted by Crippen LogP contribution is 2.37. The molecule has 74 valence electrons. The zero-order chi connectivity index (χ0) is 9.90. The largest absolute Gasteiger partial charge is 0.465 e. The molecule has 1 saturated carbocycles. The van der Waals surface area contributed by atoms with Gasteiger partial charge in [0.1, 0.15) is 5.41 Å². The van der Waals surface area contributed by atoms with Gasteiger partial charge in [-0.2, -0.15) is 0 Å². The second-order valence-electron chi connectivity index (χ2n) is 3.21. The fourth-order valence-electron chi connectivity index (χ4n) is 1.61. The summed E-state index contributed by atoms with van der Waals surface area (Å²) in [5, 5.41) is 0.387. The Morgan fingerprint density at radius 2 is 2.38 bits per heavy atom. The van der Waals surface area contributed by atoms with E-state index in [0.29, 0.717) is 24.8 Å². The lowest BCUT2D eigenvalue weighted by Crippen LogP contribution is -2.38. The zero-order valence-electron chi connectivity index (χ0n) is 7.64. The second kappa shape index (κ2) is 4.22. The van der Waals surface area contributed by atoms with Crippen LogP contribution in [-0.4, -0.2) is 23.7 Å². The van der Waals surface area contributed by atoms with Crippen LogP contribution >= 0.6 is 15.9 Å². The van der Waals surface area contributed by atoms with Gasteiger partial charge >= 0.3 is 5.97 Å². The minimum absolute atomic E-state index is 0.0165. The summed E-state index contributed by atoms with van der Waals surface area (Å²) in [5.74, 6) is -0.350. The van der Waals surface area contributed by atoms with E-state index in [1.807, 2.05) is 0 Å². The number of ketones is 1. The number of ether oxygens (including phenoxy) is 1. The van der Waals surface area contributed by atoms with Crippen molar-refractivity contribution in [3.05, 3.63) is 0 Å². The molecule has 0 aromatic carbocycles. The monoisotopic (exact) mass is 248 g/mol. The summed E-state index contributed by atoms with van der Waals surface area (Å²) < 4.78 is 4.90. The van der Waals surface area contributed by atoms with Gasteiger partial charge in [-0.15, -0.1) is 0 Å². The average Bonchev–Trinajstić information content (AvgIpc) is 2.48. The van der Waals surface area contributed by atoms with Crippen molar-refractivity contribution in [2.45, 2.75) is 26.2 Å². The van der Waals surface area contributed by atoms with E-state index in [2.05, 4.69) is 15.9 Å². The smallest absolute Gasteiger partial charge is 0.320 e. The number of esters is 1. The average molecular weight is 249 g/mol. The molecule has 0 amide bonds. The quantitative estimate of drug-likeness (QED) is 0.434. The minimum atomic E-state index is -0.879. The lowest BCUT2D eigenvalue weighted by molar-refractivity contribution is -0.157. The molecular formula is C9H13BrO3. The highest BCUT2D eigenvalue weighted by Gasteiger charge is 2.48. The second-order valence-corrected chi connectivity index (χ2v) is 3.77. The maximum Gasteiger partial charge on any atom is 0.320 e. The number of hydrogen-bond acceptors (Lipinski definition) is 3. The first-order chi connectivity index (χ1) is 6.17. The SMILES string of the molecule is CCOC(=O)C1(CBr)CCCC1=O. The van der Waals surface area contributed by atoms with Crippen molar-refractivity contribution in [1.29, 1.82) is 0 Å². The molecule has 4 heteroatoms. The van der Waals surface area contributed by atoms with E-state index in [-0.39, 0.29) is 11.8 Å². The zero-order valence-corrected chi connectivity index (χ0v) is 9.22. The number of Topliss-reactive ketones (excluding diaryl/α,β-unsaturated/α-hetero) is 1. The fraction of sp³-hybridized carbons (Fsp3) is 0.778. The lowest BCUT2D eigenvalue weighted by Gasteiger charge is -2.21. The molecule has 0 spiro atoms. The van der Waals surface area contributed by atoms with Crippen molar-refractivity contribution in [2.75, 3.05) is 11.9 Å². The van der Waals surface area contributed by atoms with Crippen LogP contribution in [0.1, 0.15) is 26.2 Å². The van der Waals surface area contributed by atoms with Gasteiger partial charge in [0, 0.05) is 11.8 Å². The maximum atomic E-state index is 11.5. The van der Waals surface area contributed by atoms with Gasteiger partial charge in [-0.1, -0.05) is 15.9 Å². The molecule has 1 aliphatic carbocycles. The first-order valence-corrected chi connectivity index (χ1v) is 5.56. The Hall–Kier alpha value is -0.380. The number of halogens is 1. The van der Waals surface area contributed by atoms with E-state index < -0.39 is 5.41 Å². The van der Waals surface area contributed by atoms with Crippen molar-refractivity contribution in [3.63, 3.8) is 0 Å². The molecule has 0 heterocycles. The Balaban J connectivity index is 2.80. The van der Waals surface area contributed by atoms with Crippen LogP contribution in [0.25, 0.3) is 0 Å². The van der Waals surface area contributed by atoms with Gasteiger partial charge in [0.15, 0.2) is 5.78 Å². The molecule has 0 N–H and O–H groups in total. The molecule has 1 unspecified atom stereocenters. The first kappa shape index (κ1) is 10.7. The molecule has 0 aromatic heterocycles. The number of carbonyl (C=O) groups excluding carboxylic acids is 2. The Labute approximate surface area is 86.0 Å². The van der Waals surface area contributed by atoms with E-state index >= 15 is 0 Å². The topological polar surface area (TPSA) is 43.4 Å². The summed E-state index contributed by atoms with van der Waals surface area (Å²) in [7, 11) is 0. The van der Waals surface area contributed by atoms with Crippen LogP contribution < -0.4 is 0 Å². The van der Waals surface area contributed by atoms with Gasteiger partial charge in [0.25, 0.3) is 0 Å². The molecule has 1 aliphatic rings. The van der Waals surface area contributed by atoms with Crippen LogP contribution in [-0.2, 0) is 14.3 Å². The van der Waals surface area contributed by atoms with Gasteiger partial charge in [0.2, 0.25) is 0 Å². The summed E-state index contributed by atoms with van der Waals surface area (Å²) in [6, 6.07) is 0. The van der Waals surface area contributed by atoms with E-state index in [1.165, 1.54) is 0 Å². The van der Waals surface area contributed by atoms with Gasteiger partial charge in [-0.3, -0.25) is 9.59 Å². The van der Waals surface area contributed by atoms with E-state index in [9.17, 15) is 9.59 Å². The van der Waals surface area contributed by atoms with E-state index in [0.717, 1.165) is 6.42 Å². The predicted octanol–water partition coefficient (Wildman–Crippen LogP) is 1.68. The molecule has 0 aliphatic heterocycles. The Morgan fingerprint density at radius 1 is 1.69 bits per heavy atom. The van der Waals surface area contributed by atoms with Gasteiger partial charge in [0.05, 0.1) is 6.61 Å². The molecule has 1 fully saturated rings. The minimum Gasteiger partial charge on any atom is -0.465 e. The van der Waals surface area contributed by atoms with E-state index in [1.54, 1.807) is 6.92 Å². The van der Waals surface area contributed by atoms with Gasteiger partial charge in [-0.05, 0) is 19.8 Å². The fourth-order valence-corrected chi connectivity index (χ4v) is 2.43. The molecular weight excluding hydrogens is 236 g/mol. The first-order valence-electron chi connectivity index (χ1n) is 4.44. The number of carbonyl (C=O) groups is 2. The van der Waals surface area contributed by atoms with Crippen LogP contribution in [0.3, 0.4) is 0 Å². The predicted molar refractivity (Wildman–Crippen MR) is 51.7 cm³/mol. The van der Waals surface area contributed by atoms with Crippen LogP contribution in [0.15, 0.2) is 0 Å². The summed E-state index contributed by atoms with van der Waals surface area (Å²) >= 11 is 3.22. The van der Waals surface area contributed by atoms with Crippen LogP contribution in [0, 0.1) is 5.41 Å². The summed E-state index contributed by atoms with van der Waals surface area (Å²) in [6.07, 6.45) is 1.92. The molecule has 3 nitrogen and oxygen atoms in total. The molecule has 1 rings (SSSR count). The van der Waals surface area contributed by atoms with Crippen molar-refractivity contribution in [2.24, 2.45) is 5.41 Å². The van der Waals surface area contributed by atoms with E-state index in [4.69, 9.17) is 4.74 Å². The number of rotatable bonds is 3. The van der Waals surface area contributed by atoms with Crippen molar-refractivity contribution in [1.82, 2.24) is 0 Å². The summed E-state index contributed by atoms with van der Waals surface area (Å²) in [4.78, 5) is 23.0. The molecule has 0 aromatic rings. The lowest BCUT2D eigenvalue weighted by atomic mass is 9.88. The molecule has 13 heavy (non-hydrogen) atoms. The van der Waals surface area contributed by atoms with Crippen LogP contribution in [0.4, 0.5) is 0 Å². The Bertz CT molecular complexity index is 227. The summed E-state index contributed by atoms with van der Waals surface area (Å²) in [6.45, 7) is 2.08. The highest BCUT2D eigenvalue weighted by atomic mass is 79.9. The third kappa shape index (κ3) is 1.77. The Morgan fingerprint density at radius 3 is 2.77 bits per heavy atom. The molecule has 1 atom stereocenters. The molecule has 0 radical (unpaired) electrons. The Kier molecular flexibility index (Phi) is 3.47. The number of alkyl halides is 1. The number of hydrogen-bond donors (Lipinski definition) is 0. The van der Waals surface area contributed by atoms with Crippen molar-refractivity contribution < 1.29 is 14.3 Å². The van der Waals surface area contributed by atoms with Gasteiger partial charge < -0.3 is 4.74 Å².